The molecular weight excluding hydrogens is 378 g/mol. The average Bonchev–Trinajstić information content (AvgIpc) is 3.10. The number of methoxy groups -OCH3 is 1. The Morgan fingerprint density at radius 1 is 1.21 bits per heavy atom. The molecule has 0 bridgehead atoms. The zero-order valence-corrected chi connectivity index (χ0v) is 17.0. The number of anilines is 1. The zero-order valence-electron chi connectivity index (χ0n) is 16.2. The molecule has 150 valence electrons. The molecule has 8 heteroatoms. The van der Waals surface area contributed by atoms with Gasteiger partial charge in [0.05, 0.1) is 30.3 Å². The van der Waals surface area contributed by atoms with E-state index in [1.807, 2.05) is 30.0 Å². The van der Waals surface area contributed by atoms with Gasteiger partial charge < -0.3 is 19.3 Å². The summed E-state index contributed by atoms with van der Waals surface area (Å²) < 4.78 is 11.6. The van der Waals surface area contributed by atoms with Crippen molar-refractivity contribution in [2.24, 2.45) is 11.8 Å². The van der Waals surface area contributed by atoms with Gasteiger partial charge in [-0.2, -0.15) is 0 Å². The van der Waals surface area contributed by atoms with Crippen LogP contribution in [0.25, 0.3) is 10.2 Å². The number of benzene rings is 1. The van der Waals surface area contributed by atoms with E-state index in [9.17, 15) is 9.59 Å². The fraction of sp³-hybridized carbons (Fsp3) is 0.550. The van der Waals surface area contributed by atoms with Gasteiger partial charge in [-0.1, -0.05) is 17.4 Å². The third-order valence-corrected chi connectivity index (χ3v) is 6.60. The van der Waals surface area contributed by atoms with Crippen LogP contribution in [0.3, 0.4) is 0 Å². The van der Waals surface area contributed by atoms with Gasteiger partial charge in [0.2, 0.25) is 5.91 Å². The quantitative estimate of drug-likeness (QED) is 0.715. The Bertz CT molecular complexity index is 869. The summed E-state index contributed by atoms with van der Waals surface area (Å²) in [5, 5.41) is 0.935. The van der Waals surface area contributed by atoms with Crippen LogP contribution in [0.15, 0.2) is 18.2 Å². The number of aromatic nitrogens is 1. The SMILES string of the molecule is CCOC(=O)C1CCN(C(=O)C2CN(c3nc4c(OC)cccc4s3)C2)CC1. The van der Waals surface area contributed by atoms with Gasteiger partial charge in [-0.05, 0) is 31.9 Å². The first-order chi connectivity index (χ1) is 13.6. The van der Waals surface area contributed by atoms with Gasteiger partial charge in [0.25, 0.3) is 0 Å². The summed E-state index contributed by atoms with van der Waals surface area (Å²) >= 11 is 1.63. The summed E-state index contributed by atoms with van der Waals surface area (Å²) in [7, 11) is 1.65. The predicted octanol–water partition coefficient (Wildman–Crippen LogP) is 2.54. The Morgan fingerprint density at radius 2 is 1.96 bits per heavy atom. The van der Waals surface area contributed by atoms with Crippen molar-refractivity contribution in [1.82, 2.24) is 9.88 Å². The van der Waals surface area contributed by atoms with Crippen LogP contribution in [-0.2, 0) is 14.3 Å². The van der Waals surface area contributed by atoms with Crippen LogP contribution in [-0.4, -0.2) is 61.7 Å². The van der Waals surface area contributed by atoms with Crippen LogP contribution in [0.1, 0.15) is 19.8 Å². The van der Waals surface area contributed by atoms with Crippen molar-refractivity contribution >= 4 is 38.6 Å². The number of carbonyl (C=O) groups is 2. The minimum Gasteiger partial charge on any atom is -0.494 e. The maximum absolute atomic E-state index is 12.8. The maximum Gasteiger partial charge on any atom is 0.309 e. The number of amides is 1. The lowest BCUT2D eigenvalue weighted by atomic mass is 9.93. The second-order valence-corrected chi connectivity index (χ2v) is 8.27. The molecule has 7 nitrogen and oxygen atoms in total. The molecule has 1 aromatic carbocycles. The standard InChI is InChI=1S/C20H25N3O4S/c1-3-27-19(25)13-7-9-22(10-8-13)18(24)14-11-23(12-14)20-21-17-15(26-2)5-4-6-16(17)28-20/h4-6,13-14H,3,7-12H2,1-2H3. The minimum absolute atomic E-state index is 0.00745. The average molecular weight is 404 g/mol. The molecule has 0 radical (unpaired) electrons. The molecule has 0 N–H and O–H groups in total. The summed E-state index contributed by atoms with van der Waals surface area (Å²) in [6.07, 6.45) is 1.39. The third-order valence-electron chi connectivity index (χ3n) is 5.52. The number of likely N-dealkylation sites (tertiary alicyclic amines) is 1. The molecule has 2 saturated heterocycles. The maximum atomic E-state index is 12.8. The molecule has 0 spiro atoms. The summed E-state index contributed by atoms with van der Waals surface area (Å²) in [6, 6.07) is 5.91. The van der Waals surface area contributed by atoms with E-state index in [1.54, 1.807) is 18.4 Å². The van der Waals surface area contributed by atoms with Gasteiger partial charge in [0, 0.05) is 26.2 Å². The zero-order chi connectivity index (χ0) is 19.7. The molecule has 3 heterocycles. The summed E-state index contributed by atoms with van der Waals surface area (Å²) in [5.41, 5.74) is 0.876. The summed E-state index contributed by atoms with van der Waals surface area (Å²) in [5.74, 6) is 0.776. The van der Waals surface area contributed by atoms with Gasteiger partial charge >= 0.3 is 5.97 Å². The topological polar surface area (TPSA) is 72.0 Å². The van der Waals surface area contributed by atoms with Crippen molar-refractivity contribution in [3.8, 4) is 5.75 Å². The lowest BCUT2D eigenvalue weighted by Crippen LogP contribution is -2.56. The van der Waals surface area contributed by atoms with Gasteiger partial charge in [-0.25, -0.2) is 4.98 Å². The molecule has 2 aromatic rings. The molecule has 1 amide bonds. The smallest absolute Gasteiger partial charge is 0.309 e. The Balaban J connectivity index is 1.32. The van der Waals surface area contributed by atoms with Crippen LogP contribution < -0.4 is 9.64 Å². The van der Waals surface area contributed by atoms with Crippen molar-refractivity contribution < 1.29 is 19.1 Å². The van der Waals surface area contributed by atoms with Crippen LogP contribution in [0.2, 0.25) is 0 Å². The number of para-hydroxylation sites is 1. The fourth-order valence-electron chi connectivity index (χ4n) is 3.86. The Morgan fingerprint density at radius 3 is 2.64 bits per heavy atom. The van der Waals surface area contributed by atoms with E-state index in [1.165, 1.54) is 0 Å². The normalized spacial score (nSPS) is 18.2. The largest absolute Gasteiger partial charge is 0.494 e. The van der Waals surface area contributed by atoms with E-state index in [4.69, 9.17) is 14.5 Å². The van der Waals surface area contributed by atoms with Gasteiger partial charge in [0.1, 0.15) is 11.3 Å². The molecule has 2 aliphatic heterocycles. The molecule has 0 saturated carbocycles. The molecule has 2 aliphatic rings. The molecular formula is C20H25N3O4S. The van der Waals surface area contributed by atoms with Gasteiger partial charge in [-0.15, -0.1) is 0 Å². The predicted molar refractivity (Wildman–Crippen MR) is 108 cm³/mol. The third kappa shape index (κ3) is 3.53. The van der Waals surface area contributed by atoms with Gasteiger partial charge in [-0.3, -0.25) is 9.59 Å². The molecule has 0 aliphatic carbocycles. The number of piperidine rings is 1. The highest BCUT2D eigenvalue weighted by Crippen LogP contribution is 2.37. The molecule has 0 unspecified atom stereocenters. The lowest BCUT2D eigenvalue weighted by molar-refractivity contribution is -0.152. The Labute approximate surface area is 168 Å². The Hall–Kier alpha value is -2.35. The van der Waals surface area contributed by atoms with E-state index in [-0.39, 0.29) is 23.7 Å². The van der Waals surface area contributed by atoms with Crippen LogP contribution in [0.4, 0.5) is 5.13 Å². The van der Waals surface area contributed by atoms with Crippen molar-refractivity contribution in [1.29, 1.82) is 0 Å². The van der Waals surface area contributed by atoms with Crippen molar-refractivity contribution in [3.63, 3.8) is 0 Å². The molecule has 0 atom stereocenters. The van der Waals surface area contributed by atoms with E-state index in [0.717, 1.165) is 21.1 Å². The lowest BCUT2D eigenvalue weighted by Gasteiger charge is -2.41. The van der Waals surface area contributed by atoms with E-state index < -0.39 is 0 Å². The number of esters is 1. The highest BCUT2D eigenvalue weighted by molar-refractivity contribution is 7.22. The molecule has 1 aromatic heterocycles. The van der Waals surface area contributed by atoms with Crippen molar-refractivity contribution in [2.75, 3.05) is 44.8 Å². The van der Waals surface area contributed by atoms with Crippen LogP contribution >= 0.6 is 11.3 Å². The highest BCUT2D eigenvalue weighted by Gasteiger charge is 2.38. The van der Waals surface area contributed by atoms with Gasteiger partial charge in [0.15, 0.2) is 5.13 Å². The van der Waals surface area contributed by atoms with Crippen LogP contribution in [0, 0.1) is 11.8 Å². The first kappa shape index (κ1) is 19.0. The number of thiazole rings is 1. The Kier molecular flexibility index (Phi) is 5.39. The minimum atomic E-state index is -0.129. The fourth-order valence-corrected chi connectivity index (χ4v) is 4.86. The van der Waals surface area contributed by atoms with Crippen LogP contribution in [0.5, 0.6) is 5.75 Å². The van der Waals surface area contributed by atoms with E-state index >= 15 is 0 Å². The number of nitrogens with zero attached hydrogens (tertiary/aromatic N) is 3. The molecule has 28 heavy (non-hydrogen) atoms. The number of hydrogen-bond acceptors (Lipinski definition) is 7. The number of fused-ring (bicyclic) bond motifs is 1. The van der Waals surface area contributed by atoms with Crippen molar-refractivity contribution in [2.45, 2.75) is 19.8 Å². The highest BCUT2D eigenvalue weighted by atomic mass is 32.1. The monoisotopic (exact) mass is 403 g/mol. The summed E-state index contributed by atoms with van der Waals surface area (Å²) in [6.45, 7) is 4.89. The first-order valence-corrected chi connectivity index (χ1v) is 10.6. The molecule has 4 rings (SSSR count). The number of rotatable bonds is 5. The number of carbonyl (C=O) groups excluding carboxylic acids is 2. The first-order valence-electron chi connectivity index (χ1n) is 9.74. The second-order valence-electron chi connectivity index (χ2n) is 7.26. The second kappa shape index (κ2) is 7.95. The number of hydrogen-bond donors (Lipinski definition) is 0. The summed E-state index contributed by atoms with van der Waals surface area (Å²) in [4.78, 5) is 33.4. The van der Waals surface area contributed by atoms with E-state index in [0.29, 0.717) is 45.6 Å². The number of ether oxygens (including phenoxy) is 2. The van der Waals surface area contributed by atoms with Crippen molar-refractivity contribution in [3.05, 3.63) is 18.2 Å². The van der Waals surface area contributed by atoms with E-state index in [2.05, 4.69) is 4.90 Å². The molecule has 2 fully saturated rings.